The fourth-order valence-electron chi connectivity index (χ4n) is 2.14. The second-order valence-corrected chi connectivity index (χ2v) is 4.54. The molecule has 0 unspecified atom stereocenters. The van der Waals surface area contributed by atoms with Crippen molar-refractivity contribution in [1.82, 2.24) is 4.90 Å². The van der Waals surface area contributed by atoms with Crippen LogP contribution in [0.25, 0.3) is 0 Å². The quantitative estimate of drug-likeness (QED) is 0.636. The van der Waals surface area contributed by atoms with E-state index in [1.165, 1.54) is 6.07 Å². The zero-order valence-electron chi connectivity index (χ0n) is 9.71. The van der Waals surface area contributed by atoms with Crippen LogP contribution in [0.15, 0.2) is 24.3 Å². The van der Waals surface area contributed by atoms with Gasteiger partial charge in [-0.2, -0.15) is 0 Å². The van der Waals surface area contributed by atoms with E-state index in [4.69, 9.17) is 5.73 Å². The first-order chi connectivity index (χ1) is 8.15. The fraction of sp³-hybridized carbons (Fsp3) is 0.500. The Labute approximate surface area is 100 Å². The minimum Gasteiger partial charge on any atom is -0.328 e. The number of nitro benzene ring substituents is 1. The monoisotopic (exact) mass is 235 g/mol. The van der Waals surface area contributed by atoms with Crippen LogP contribution in [0.4, 0.5) is 5.69 Å². The van der Waals surface area contributed by atoms with E-state index >= 15 is 0 Å². The van der Waals surface area contributed by atoms with Gasteiger partial charge in [0.1, 0.15) is 0 Å². The van der Waals surface area contributed by atoms with E-state index in [2.05, 4.69) is 4.90 Å². The van der Waals surface area contributed by atoms with Gasteiger partial charge in [0, 0.05) is 24.7 Å². The van der Waals surface area contributed by atoms with Gasteiger partial charge in [0.15, 0.2) is 0 Å². The summed E-state index contributed by atoms with van der Waals surface area (Å²) in [5.74, 6) is 0. The van der Waals surface area contributed by atoms with E-state index in [1.54, 1.807) is 12.1 Å². The van der Waals surface area contributed by atoms with Gasteiger partial charge >= 0.3 is 0 Å². The van der Waals surface area contributed by atoms with E-state index in [0.29, 0.717) is 6.04 Å². The van der Waals surface area contributed by atoms with E-state index in [1.807, 2.05) is 6.07 Å². The summed E-state index contributed by atoms with van der Waals surface area (Å²) in [6.45, 7) is 2.72. The Morgan fingerprint density at radius 2 is 2.12 bits per heavy atom. The SMILES string of the molecule is NC1CCN(Cc2cccc([N+](=O)[O-])c2)CC1. The average molecular weight is 235 g/mol. The zero-order valence-corrected chi connectivity index (χ0v) is 9.71. The maximum atomic E-state index is 10.7. The third-order valence-corrected chi connectivity index (χ3v) is 3.16. The van der Waals surface area contributed by atoms with Gasteiger partial charge in [0.05, 0.1) is 4.92 Å². The smallest absolute Gasteiger partial charge is 0.269 e. The zero-order chi connectivity index (χ0) is 12.3. The van der Waals surface area contributed by atoms with Crippen molar-refractivity contribution in [2.45, 2.75) is 25.4 Å². The standard InChI is InChI=1S/C12H17N3O2/c13-11-4-6-14(7-5-11)9-10-2-1-3-12(8-10)15(16)17/h1-3,8,11H,4-7,9,13H2. The Hall–Kier alpha value is -1.46. The first-order valence-corrected chi connectivity index (χ1v) is 5.86. The third kappa shape index (κ3) is 3.25. The largest absolute Gasteiger partial charge is 0.328 e. The molecule has 0 bridgehead atoms. The minimum atomic E-state index is -0.352. The van der Waals surface area contributed by atoms with Crippen LogP contribution in [-0.4, -0.2) is 29.0 Å². The van der Waals surface area contributed by atoms with Crippen LogP contribution < -0.4 is 5.73 Å². The van der Waals surface area contributed by atoms with Crippen LogP contribution in [0.5, 0.6) is 0 Å². The lowest BCUT2D eigenvalue weighted by Crippen LogP contribution is -2.39. The fourth-order valence-corrected chi connectivity index (χ4v) is 2.14. The Balaban J connectivity index is 1.98. The molecule has 2 N–H and O–H groups in total. The van der Waals surface area contributed by atoms with E-state index < -0.39 is 0 Å². The first-order valence-electron chi connectivity index (χ1n) is 5.86. The molecule has 0 spiro atoms. The molecule has 1 heterocycles. The molecule has 0 aliphatic carbocycles. The van der Waals surface area contributed by atoms with Gasteiger partial charge in [-0.25, -0.2) is 0 Å². The van der Waals surface area contributed by atoms with Crippen LogP contribution in [0, 0.1) is 10.1 Å². The number of piperidine rings is 1. The molecule has 92 valence electrons. The van der Waals surface area contributed by atoms with Crippen LogP contribution in [-0.2, 0) is 6.54 Å². The molecule has 0 saturated carbocycles. The highest BCUT2D eigenvalue weighted by atomic mass is 16.6. The van der Waals surface area contributed by atoms with Gasteiger partial charge in [0.2, 0.25) is 0 Å². The third-order valence-electron chi connectivity index (χ3n) is 3.16. The average Bonchev–Trinajstić information content (AvgIpc) is 2.32. The number of likely N-dealkylation sites (tertiary alicyclic amines) is 1. The van der Waals surface area contributed by atoms with Gasteiger partial charge in [-0.3, -0.25) is 15.0 Å². The normalized spacial score (nSPS) is 18.2. The maximum Gasteiger partial charge on any atom is 0.269 e. The molecule has 1 aromatic rings. The first kappa shape index (κ1) is 12.0. The molecular formula is C12H17N3O2. The molecule has 2 rings (SSSR count). The van der Waals surface area contributed by atoms with E-state index in [0.717, 1.165) is 38.0 Å². The number of hydrogen-bond donors (Lipinski definition) is 1. The second-order valence-electron chi connectivity index (χ2n) is 4.54. The summed E-state index contributed by atoms with van der Waals surface area (Å²) in [5, 5.41) is 10.7. The lowest BCUT2D eigenvalue weighted by molar-refractivity contribution is -0.384. The number of benzene rings is 1. The highest BCUT2D eigenvalue weighted by Gasteiger charge is 2.16. The summed E-state index contributed by atoms with van der Waals surface area (Å²) in [4.78, 5) is 12.6. The molecule has 0 amide bonds. The number of non-ortho nitro benzene ring substituents is 1. The van der Waals surface area contributed by atoms with Crippen LogP contribution >= 0.6 is 0 Å². The van der Waals surface area contributed by atoms with E-state index in [9.17, 15) is 10.1 Å². The van der Waals surface area contributed by atoms with Crippen molar-refractivity contribution in [3.8, 4) is 0 Å². The summed E-state index contributed by atoms with van der Waals surface area (Å²) in [6, 6.07) is 7.16. The van der Waals surface area contributed by atoms with E-state index in [-0.39, 0.29) is 10.6 Å². The van der Waals surface area contributed by atoms with Crippen molar-refractivity contribution in [3.05, 3.63) is 39.9 Å². The maximum absolute atomic E-state index is 10.7. The molecule has 0 aromatic heterocycles. The molecule has 5 heteroatoms. The summed E-state index contributed by atoms with van der Waals surface area (Å²) in [5.41, 5.74) is 7.00. The van der Waals surface area contributed by atoms with Crippen molar-refractivity contribution in [3.63, 3.8) is 0 Å². The molecule has 5 nitrogen and oxygen atoms in total. The topological polar surface area (TPSA) is 72.4 Å². The summed E-state index contributed by atoms with van der Waals surface area (Å²) >= 11 is 0. The molecule has 1 aromatic carbocycles. The van der Waals surface area contributed by atoms with Gasteiger partial charge < -0.3 is 5.73 Å². The summed E-state index contributed by atoms with van der Waals surface area (Å²) < 4.78 is 0. The Morgan fingerprint density at radius 1 is 1.41 bits per heavy atom. The molecule has 17 heavy (non-hydrogen) atoms. The Morgan fingerprint density at radius 3 is 2.76 bits per heavy atom. The number of hydrogen-bond acceptors (Lipinski definition) is 4. The van der Waals surface area contributed by atoms with Crippen molar-refractivity contribution < 1.29 is 4.92 Å². The summed E-state index contributed by atoms with van der Waals surface area (Å²) in [6.07, 6.45) is 2.02. The Bertz CT molecular complexity index is 400. The highest BCUT2D eigenvalue weighted by molar-refractivity contribution is 5.34. The van der Waals surface area contributed by atoms with Crippen molar-refractivity contribution in [1.29, 1.82) is 0 Å². The van der Waals surface area contributed by atoms with Gasteiger partial charge in [0.25, 0.3) is 5.69 Å². The van der Waals surface area contributed by atoms with Gasteiger partial charge in [-0.1, -0.05) is 12.1 Å². The van der Waals surface area contributed by atoms with Crippen LogP contribution in [0.2, 0.25) is 0 Å². The minimum absolute atomic E-state index is 0.163. The van der Waals surface area contributed by atoms with Crippen molar-refractivity contribution in [2.24, 2.45) is 5.73 Å². The predicted molar refractivity (Wildman–Crippen MR) is 65.6 cm³/mol. The van der Waals surface area contributed by atoms with Gasteiger partial charge in [-0.15, -0.1) is 0 Å². The summed E-state index contributed by atoms with van der Waals surface area (Å²) in [7, 11) is 0. The number of nitrogens with zero attached hydrogens (tertiary/aromatic N) is 2. The number of nitrogens with two attached hydrogens (primary N) is 1. The number of nitro groups is 1. The Kier molecular flexibility index (Phi) is 3.71. The number of rotatable bonds is 3. The van der Waals surface area contributed by atoms with Crippen molar-refractivity contribution in [2.75, 3.05) is 13.1 Å². The van der Waals surface area contributed by atoms with Gasteiger partial charge in [-0.05, 0) is 31.5 Å². The van der Waals surface area contributed by atoms with Crippen molar-refractivity contribution >= 4 is 5.69 Å². The molecule has 0 atom stereocenters. The molecule has 1 fully saturated rings. The molecule has 1 aliphatic rings. The molecule has 0 radical (unpaired) electrons. The highest BCUT2D eigenvalue weighted by Crippen LogP contribution is 2.17. The predicted octanol–water partition coefficient (Wildman–Crippen LogP) is 1.52. The molecular weight excluding hydrogens is 218 g/mol. The lowest BCUT2D eigenvalue weighted by Gasteiger charge is -2.29. The molecule has 1 saturated heterocycles. The molecule has 1 aliphatic heterocycles. The lowest BCUT2D eigenvalue weighted by atomic mass is 10.1. The second kappa shape index (κ2) is 5.25. The van der Waals surface area contributed by atoms with Crippen LogP contribution in [0.1, 0.15) is 18.4 Å². The van der Waals surface area contributed by atoms with Crippen LogP contribution in [0.3, 0.4) is 0 Å².